The molecule has 4 aromatic rings. The molecule has 178 valence electrons. The number of aromatic nitrogens is 4. The number of nitrogens with zero attached hydrogens (tertiary/aromatic N) is 4. The lowest BCUT2D eigenvalue weighted by Gasteiger charge is -2.32. The molecule has 2 aromatic heterocycles. The van der Waals surface area contributed by atoms with E-state index in [0.717, 1.165) is 72.2 Å². The van der Waals surface area contributed by atoms with Crippen LogP contribution in [0.15, 0.2) is 52.6 Å². The molecule has 1 aliphatic rings. The molecular weight excluding hydrogens is 450 g/mol. The number of fused-ring (bicyclic) bond motifs is 2. The SMILES string of the molecule is C=C(C)n1c(=O)n(CCCN2CCC(n3c(=O)[nH]c4cc(Cl)ccc43)CC2)c2cc(C)ccc21. The van der Waals surface area contributed by atoms with Gasteiger partial charge in [0.2, 0.25) is 0 Å². The summed E-state index contributed by atoms with van der Waals surface area (Å²) in [6.07, 6.45) is 2.73. The van der Waals surface area contributed by atoms with Crippen LogP contribution in [0.3, 0.4) is 0 Å². The fourth-order valence-electron chi connectivity index (χ4n) is 5.27. The number of nitrogens with one attached hydrogen (secondary N) is 1. The van der Waals surface area contributed by atoms with Crippen molar-refractivity contribution in [2.24, 2.45) is 0 Å². The standard InChI is InChI=1S/C26H30ClN5O2/c1-17(2)31-23-7-5-18(3)15-24(23)30(26(31)34)12-4-11-29-13-9-20(10-14-29)32-22-8-6-19(27)16-21(22)28-25(32)33/h5-8,15-16,20H,1,4,9-14H2,2-3H3,(H,28,33). The molecule has 0 aliphatic carbocycles. The number of allylic oxidation sites excluding steroid dienone is 1. The Hall–Kier alpha value is -3.03. The van der Waals surface area contributed by atoms with Crippen LogP contribution in [0.1, 0.15) is 37.8 Å². The third kappa shape index (κ3) is 4.03. The summed E-state index contributed by atoms with van der Waals surface area (Å²) in [7, 11) is 0. The molecule has 1 N–H and O–H groups in total. The van der Waals surface area contributed by atoms with E-state index < -0.39 is 0 Å². The highest BCUT2D eigenvalue weighted by molar-refractivity contribution is 6.31. The van der Waals surface area contributed by atoms with Gasteiger partial charge in [-0.05, 0) is 75.5 Å². The van der Waals surface area contributed by atoms with Crippen LogP contribution in [0, 0.1) is 6.92 Å². The maximum absolute atomic E-state index is 13.1. The molecule has 1 aliphatic heterocycles. The molecule has 0 bridgehead atoms. The number of aryl methyl sites for hydroxylation is 2. The molecule has 34 heavy (non-hydrogen) atoms. The first-order chi connectivity index (χ1) is 16.3. The number of benzene rings is 2. The maximum Gasteiger partial charge on any atom is 0.333 e. The largest absolute Gasteiger partial charge is 0.333 e. The number of H-pyrrole nitrogens is 1. The highest BCUT2D eigenvalue weighted by Gasteiger charge is 2.23. The zero-order valence-electron chi connectivity index (χ0n) is 19.7. The van der Waals surface area contributed by atoms with E-state index in [1.165, 1.54) is 0 Å². The van der Waals surface area contributed by atoms with Crippen molar-refractivity contribution in [2.45, 2.75) is 45.7 Å². The van der Waals surface area contributed by atoms with Crippen LogP contribution < -0.4 is 11.4 Å². The van der Waals surface area contributed by atoms with Crippen LogP contribution >= 0.6 is 11.6 Å². The summed E-state index contributed by atoms with van der Waals surface area (Å²) in [6, 6.07) is 11.8. The number of imidazole rings is 2. The molecule has 0 amide bonds. The fraction of sp³-hybridized carbons (Fsp3) is 0.385. The molecule has 0 unspecified atom stereocenters. The first-order valence-electron chi connectivity index (χ1n) is 11.8. The number of halogens is 1. The van der Waals surface area contributed by atoms with E-state index in [0.29, 0.717) is 11.6 Å². The van der Waals surface area contributed by atoms with E-state index in [1.807, 2.05) is 47.2 Å². The average molecular weight is 480 g/mol. The minimum Gasteiger partial charge on any atom is -0.305 e. The van der Waals surface area contributed by atoms with Gasteiger partial charge in [-0.15, -0.1) is 0 Å². The third-order valence-corrected chi connectivity index (χ3v) is 7.16. The Balaban J connectivity index is 1.25. The van der Waals surface area contributed by atoms with Crippen LogP contribution in [-0.4, -0.2) is 43.2 Å². The summed E-state index contributed by atoms with van der Waals surface area (Å²) in [6.45, 7) is 11.3. The molecule has 7 nitrogen and oxygen atoms in total. The van der Waals surface area contributed by atoms with Crippen LogP contribution in [0.2, 0.25) is 5.02 Å². The summed E-state index contributed by atoms with van der Waals surface area (Å²) in [5.74, 6) is 0. The first kappa shape index (κ1) is 22.7. The summed E-state index contributed by atoms with van der Waals surface area (Å²) in [5.41, 5.74) is 5.35. The number of hydrogen-bond donors (Lipinski definition) is 1. The van der Waals surface area contributed by atoms with Gasteiger partial charge in [-0.3, -0.25) is 13.7 Å². The minimum atomic E-state index is -0.0701. The molecule has 0 atom stereocenters. The lowest BCUT2D eigenvalue weighted by Crippen LogP contribution is -2.38. The maximum atomic E-state index is 13.1. The van der Waals surface area contributed by atoms with E-state index in [-0.39, 0.29) is 17.4 Å². The first-order valence-corrected chi connectivity index (χ1v) is 12.2. The predicted octanol–water partition coefficient (Wildman–Crippen LogP) is 4.63. The van der Waals surface area contributed by atoms with Gasteiger partial charge < -0.3 is 9.88 Å². The Kier molecular flexibility index (Phi) is 6.00. The van der Waals surface area contributed by atoms with Crippen molar-refractivity contribution in [2.75, 3.05) is 19.6 Å². The van der Waals surface area contributed by atoms with Crippen LogP contribution in [0.5, 0.6) is 0 Å². The number of piperidine rings is 1. The smallest absolute Gasteiger partial charge is 0.305 e. The van der Waals surface area contributed by atoms with Gasteiger partial charge in [0.15, 0.2) is 0 Å². The molecule has 1 saturated heterocycles. The molecule has 5 rings (SSSR count). The highest BCUT2D eigenvalue weighted by Crippen LogP contribution is 2.26. The Labute approximate surface area is 202 Å². The molecule has 2 aromatic carbocycles. The van der Waals surface area contributed by atoms with Crippen molar-refractivity contribution < 1.29 is 0 Å². The van der Waals surface area contributed by atoms with Crippen molar-refractivity contribution >= 4 is 39.4 Å². The van der Waals surface area contributed by atoms with Crippen molar-refractivity contribution in [1.29, 1.82) is 0 Å². The number of rotatable bonds is 6. The van der Waals surface area contributed by atoms with Crippen LogP contribution in [-0.2, 0) is 6.54 Å². The summed E-state index contributed by atoms with van der Waals surface area (Å²) in [4.78, 5) is 31.0. The summed E-state index contributed by atoms with van der Waals surface area (Å²) >= 11 is 6.08. The van der Waals surface area contributed by atoms with E-state index in [1.54, 1.807) is 10.6 Å². The zero-order chi connectivity index (χ0) is 24.0. The topological polar surface area (TPSA) is 68.0 Å². The Morgan fingerprint density at radius 2 is 1.79 bits per heavy atom. The van der Waals surface area contributed by atoms with Gasteiger partial charge in [0, 0.05) is 36.4 Å². The van der Waals surface area contributed by atoms with Gasteiger partial charge in [-0.25, -0.2) is 9.59 Å². The monoisotopic (exact) mass is 479 g/mol. The Bertz CT molecular complexity index is 1500. The molecule has 0 radical (unpaired) electrons. The van der Waals surface area contributed by atoms with E-state index in [4.69, 9.17) is 11.6 Å². The molecular formula is C26H30ClN5O2. The second kappa shape index (κ2) is 8.96. The number of likely N-dealkylation sites (tertiary alicyclic amines) is 1. The summed E-state index contributed by atoms with van der Waals surface area (Å²) in [5, 5.41) is 0.622. The number of hydrogen-bond acceptors (Lipinski definition) is 3. The minimum absolute atomic E-state index is 0.0226. The molecule has 8 heteroatoms. The normalized spacial score (nSPS) is 15.5. The summed E-state index contributed by atoms with van der Waals surface area (Å²) < 4.78 is 5.46. The van der Waals surface area contributed by atoms with Gasteiger partial charge in [0.05, 0.1) is 22.1 Å². The predicted molar refractivity (Wildman–Crippen MR) is 139 cm³/mol. The molecule has 0 saturated carbocycles. The molecule has 3 heterocycles. The van der Waals surface area contributed by atoms with Gasteiger partial charge in [0.1, 0.15) is 0 Å². The van der Waals surface area contributed by atoms with Crippen molar-refractivity contribution in [1.82, 2.24) is 23.6 Å². The molecule has 1 fully saturated rings. The quantitative estimate of drug-likeness (QED) is 0.438. The van der Waals surface area contributed by atoms with Gasteiger partial charge in [0.25, 0.3) is 0 Å². The van der Waals surface area contributed by atoms with Gasteiger partial charge >= 0.3 is 11.4 Å². The average Bonchev–Trinajstić information content (AvgIpc) is 3.26. The van der Waals surface area contributed by atoms with E-state index >= 15 is 0 Å². The van der Waals surface area contributed by atoms with Gasteiger partial charge in [-0.1, -0.05) is 24.2 Å². The van der Waals surface area contributed by atoms with Crippen LogP contribution in [0.25, 0.3) is 27.8 Å². The van der Waals surface area contributed by atoms with E-state index in [2.05, 4.69) is 22.5 Å². The van der Waals surface area contributed by atoms with Crippen molar-refractivity contribution in [3.05, 3.63) is 74.5 Å². The van der Waals surface area contributed by atoms with E-state index in [9.17, 15) is 9.59 Å². The van der Waals surface area contributed by atoms with Gasteiger partial charge in [-0.2, -0.15) is 0 Å². The lowest BCUT2D eigenvalue weighted by molar-refractivity contribution is 0.183. The van der Waals surface area contributed by atoms with Crippen molar-refractivity contribution in [3.8, 4) is 0 Å². The van der Waals surface area contributed by atoms with Crippen LogP contribution in [0.4, 0.5) is 0 Å². The fourth-order valence-corrected chi connectivity index (χ4v) is 5.44. The lowest BCUT2D eigenvalue weighted by atomic mass is 10.0. The zero-order valence-corrected chi connectivity index (χ0v) is 20.4. The van der Waals surface area contributed by atoms with Crippen molar-refractivity contribution in [3.63, 3.8) is 0 Å². The second-order valence-electron chi connectivity index (χ2n) is 9.39. The third-order valence-electron chi connectivity index (χ3n) is 6.92. The highest BCUT2D eigenvalue weighted by atomic mass is 35.5. The Morgan fingerprint density at radius 1 is 1.06 bits per heavy atom. The molecule has 0 spiro atoms. The Morgan fingerprint density at radius 3 is 2.53 bits per heavy atom. The second-order valence-corrected chi connectivity index (χ2v) is 9.82. The number of aromatic amines is 1.